The van der Waals surface area contributed by atoms with Crippen LogP contribution in [-0.4, -0.2) is 0 Å². The van der Waals surface area contributed by atoms with Crippen molar-refractivity contribution in [1.82, 2.24) is 0 Å². The molecule has 0 bridgehead atoms. The molecule has 0 atom stereocenters. The second kappa shape index (κ2) is 12.3. The third-order valence-electron chi connectivity index (χ3n) is 11.4. The first-order valence-corrected chi connectivity index (χ1v) is 18.8. The van der Waals surface area contributed by atoms with Gasteiger partial charge < -0.3 is 4.90 Å². The summed E-state index contributed by atoms with van der Waals surface area (Å²) in [5.41, 5.74) is 11.2. The van der Waals surface area contributed by atoms with Gasteiger partial charge in [0.15, 0.2) is 0 Å². The number of rotatable bonds is 4. The molecular formula is C53H35N. The quantitative estimate of drug-likeness (QED) is 0.132. The lowest BCUT2D eigenvalue weighted by Gasteiger charge is -2.33. The number of nitrogens with zero attached hydrogens (tertiary/aromatic N) is 1. The average Bonchev–Trinajstić information content (AvgIpc) is 3.25. The second-order valence-corrected chi connectivity index (χ2v) is 14.4. The van der Waals surface area contributed by atoms with Gasteiger partial charge in [0.1, 0.15) is 0 Å². The van der Waals surface area contributed by atoms with Crippen LogP contribution in [0.2, 0.25) is 0 Å². The molecule has 10 aromatic carbocycles. The van der Waals surface area contributed by atoms with Crippen LogP contribution in [0.5, 0.6) is 0 Å². The zero-order chi connectivity index (χ0) is 35.6. The highest BCUT2D eigenvalue weighted by atomic mass is 15.2. The summed E-state index contributed by atoms with van der Waals surface area (Å²) < 4.78 is 0. The standard InChI is InChI=1S/C53H35N/c1-2-13-37(14-3-1)50-33-30-38-15-5-11-21-49(38)54(50)42-31-28-40(29-32-42)52-44-17-7-9-19-46(44)53(47-20-10-8-18-45(47)52)41-27-24-36-23-26-39-25-22-35-12-4-6-16-43(35)51(39)48(36)34-41/h1-29,31-34H,30H2. The lowest BCUT2D eigenvalue weighted by atomic mass is 9.85. The Kier molecular flexibility index (Phi) is 7.00. The van der Waals surface area contributed by atoms with Crippen LogP contribution < -0.4 is 4.90 Å². The third-order valence-corrected chi connectivity index (χ3v) is 11.4. The van der Waals surface area contributed by atoms with E-state index >= 15 is 0 Å². The van der Waals surface area contributed by atoms with E-state index in [0.29, 0.717) is 0 Å². The van der Waals surface area contributed by atoms with Gasteiger partial charge in [-0.2, -0.15) is 0 Å². The molecule has 0 radical (unpaired) electrons. The Labute approximate surface area is 314 Å². The maximum Gasteiger partial charge on any atom is 0.0497 e. The largest absolute Gasteiger partial charge is 0.310 e. The summed E-state index contributed by atoms with van der Waals surface area (Å²) in [6.07, 6.45) is 3.28. The molecule has 0 amide bonds. The molecule has 0 N–H and O–H groups in total. The lowest BCUT2D eigenvalue weighted by molar-refractivity contribution is 1.15. The van der Waals surface area contributed by atoms with Crippen LogP contribution in [0.1, 0.15) is 11.1 Å². The molecule has 0 aromatic heterocycles. The fraction of sp³-hybridized carbons (Fsp3) is 0.0189. The Hall–Kier alpha value is -6.96. The van der Waals surface area contributed by atoms with Crippen molar-refractivity contribution in [2.24, 2.45) is 0 Å². The Morgan fingerprint density at radius 3 is 1.57 bits per heavy atom. The van der Waals surface area contributed by atoms with E-state index in [1.54, 1.807) is 0 Å². The van der Waals surface area contributed by atoms with Crippen molar-refractivity contribution in [3.8, 4) is 22.3 Å². The molecule has 1 aliphatic heterocycles. The zero-order valence-electron chi connectivity index (χ0n) is 29.7. The predicted octanol–water partition coefficient (Wildman–Crippen LogP) is 14.5. The SMILES string of the molecule is C1=C(c2ccccc2)N(c2ccc(-c3c4ccccc4c(-c4ccc5ccc6ccc7ccccc7c6c5c4)c4ccccc34)cc2)c2ccccc2C1. The molecule has 0 fully saturated rings. The van der Waals surface area contributed by atoms with Gasteiger partial charge in [0.2, 0.25) is 0 Å². The highest BCUT2D eigenvalue weighted by Crippen LogP contribution is 2.46. The molecule has 1 heteroatoms. The summed E-state index contributed by atoms with van der Waals surface area (Å²) in [6.45, 7) is 0. The molecule has 11 rings (SSSR count). The number of anilines is 2. The fourth-order valence-corrected chi connectivity index (χ4v) is 8.97. The van der Waals surface area contributed by atoms with E-state index in [2.05, 4.69) is 205 Å². The molecule has 1 heterocycles. The number of allylic oxidation sites excluding steroid dienone is 1. The Morgan fingerprint density at radius 1 is 0.352 bits per heavy atom. The van der Waals surface area contributed by atoms with Gasteiger partial charge in [-0.25, -0.2) is 0 Å². The van der Waals surface area contributed by atoms with Crippen molar-refractivity contribution >= 4 is 70.9 Å². The Balaban J connectivity index is 1.10. The van der Waals surface area contributed by atoms with Gasteiger partial charge in [0.25, 0.3) is 0 Å². The zero-order valence-corrected chi connectivity index (χ0v) is 29.7. The van der Waals surface area contributed by atoms with E-state index in [1.165, 1.54) is 98.6 Å². The van der Waals surface area contributed by atoms with Crippen molar-refractivity contribution < 1.29 is 0 Å². The number of benzene rings is 10. The van der Waals surface area contributed by atoms with Crippen LogP contribution in [-0.2, 0) is 6.42 Å². The van der Waals surface area contributed by atoms with Gasteiger partial charge >= 0.3 is 0 Å². The monoisotopic (exact) mass is 685 g/mol. The van der Waals surface area contributed by atoms with Gasteiger partial charge in [0, 0.05) is 17.1 Å². The number of hydrogen-bond acceptors (Lipinski definition) is 1. The highest BCUT2D eigenvalue weighted by Gasteiger charge is 2.23. The minimum absolute atomic E-state index is 0.920. The molecule has 0 aliphatic carbocycles. The topological polar surface area (TPSA) is 3.24 Å². The van der Waals surface area contributed by atoms with Crippen LogP contribution in [0.25, 0.3) is 81.8 Å². The van der Waals surface area contributed by atoms with Gasteiger partial charge in [-0.05, 0) is 118 Å². The third kappa shape index (κ3) is 4.79. The van der Waals surface area contributed by atoms with Crippen LogP contribution in [0, 0.1) is 0 Å². The maximum atomic E-state index is 2.43. The van der Waals surface area contributed by atoms with Gasteiger partial charge in [-0.3, -0.25) is 0 Å². The van der Waals surface area contributed by atoms with Crippen molar-refractivity contribution in [2.45, 2.75) is 6.42 Å². The van der Waals surface area contributed by atoms with Crippen LogP contribution >= 0.6 is 0 Å². The van der Waals surface area contributed by atoms with Crippen LogP contribution in [0.15, 0.2) is 200 Å². The molecule has 10 aromatic rings. The lowest BCUT2D eigenvalue weighted by Crippen LogP contribution is -2.20. The molecule has 0 spiro atoms. The number of para-hydroxylation sites is 1. The summed E-state index contributed by atoms with van der Waals surface area (Å²) in [5.74, 6) is 0. The van der Waals surface area contributed by atoms with Crippen LogP contribution in [0.3, 0.4) is 0 Å². The molecule has 54 heavy (non-hydrogen) atoms. The smallest absolute Gasteiger partial charge is 0.0497 e. The summed E-state index contributed by atoms with van der Waals surface area (Å²) >= 11 is 0. The van der Waals surface area contributed by atoms with Crippen molar-refractivity contribution in [3.63, 3.8) is 0 Å². The fourth-order valence-electron chi connectivity index (χ4n) is 8.97. The minimum atomic E-state index is 0.920. The minimum Gasteiger partial charge on any atom is -0.310 e. The van der Waals surface area contributed by atoms with Gasteiger partial charge in [-0.1, -0.05) is 176 Å². The predicted molar refractivity (Wildman–Crippen MR) is 232 cm³/mol. The van der Waals surface area contributed by atoms with E-state index in [0.717, 1.165) is 12.1 Å². The van der Waals surface area contributed by atoms with Crippen LogP contribution in [0.4, 0.5) is 11.4 Å². The van der Waals surface area contributed by atoms with Crippen molar-refractivity contribution in [2.75, 3.05) is 4.90 Å². The van der Waals surface area contributed by atoms with E-state index < -0.39 is 0 Å². The Morgan fingerprint density at radius 2 is 0.870 bits per heavy atom. The summed E-state index contributed by atoms with van der Waals surface area (Å²) in [4.78, 5) is 2.42. The van der Waals surface area contributed by atoms with E-state index in [-0.39, 0.29) is 0 Å². The number of fused-ring (bicyclic) bond motifs is 8. The molecular weight excluding hydrogens is 651 g/mol. The molecule has 1 nitrogen and oxygen atoms in total. The van der Waals surface area contributed by atoms with E-state index in [4.69, 9.17) is 0 Å². The summed E-state index contributed by atoms with van der Waals surface area (Å²) in [7, 11) is 0. The molecule has 0 unspecified atom stereocenters. The normalized spacial score (nSPS) is 12.8. The van der Waals surface area contributed by atoms with E-state index in [1.807, 2.05) is 0 Å². The average molecular weight is 686 g/mol. The molecule has 0 saturated carbocycles. The summed E-state index contributed by atoms with van der Waals surface area (Å²) in [5, 5.41) is 12.7. The summed E-state index contributed by atoms with van der Waals surface area (Å²) in [6, 6.07) is 71.5. The maximum absolute atomic E-state index is 2.43. The number of hydrogen-bond donors (Lipinski definition) is 0. The molecule has 252 valence electrons. The first-order chi connectivity index (χ1) is 26.8. The Bertz CT molecular complexity index is 3050. The van der Waals surface area contributed by atoms with E-state index in [9.17, 15) is 0 Å². The molecule has 0 saturated heterocycles. The first-order valence-electron chi connectivity index (χ1n) is 18.8. The highest BCUT2D eigenvalue weighted by molar-refractivity contribution is 6.24. The molecule has 1 aliphatic rings. The van der Waals surface area contributed by atoms with Crippen molar-refractivity contribution in [1.29, 1.82) is 0 Å². The first kappa shape index (κ1) is 30.6. The second-order valence-electron chi connectivity index (χ2n) is 14.4. The van der Waals surface area contributed by atoms with Crippen molar-refractivity contribution in [3.05, 3.63) is 211 Å². The van der Waals surface area contributed by atoms with Gasteiger partial charge in [-0.15, -0.1) is 0 Å². The van der Waals surface area contributed by atoms with Gasteiger partial charge in [0.05, 0.1) is 0 Å².